The zero-order chi connectivity index (χ0) is 26.0. The largest absolute Gasteiger partial charge is 0.507 e. The van der Waals surface area contributed by atoms with Gasteiger partial charge in [-0.25, -0.2) is 4.98 Å². The maximum Gasteiger partial charge on any atom is 0.416 e. The lowest BCUT2D eigenvalue weighted by Gasteiger charge is -2.06. The molecule has 0 atom stereocenters. The maximum absolute atomic E-state index is 12.9. The van der Waals surface area contributed by atoms with Crippen molar-refractivity contribution in [1.82, 2.24) is 4.98 Å². The highest BCUT2D eigenvalue weighted by Crippen LogP contribution is 2.37. The Morgan fingerprint density at radius 3 is 2.27 bits per heavy atom. The van der Waals surface area contributed by atoms with Crippen molar-refractivity contribution in [2.45, 2.75) is 6.18 Å². The molecule has 0 amide bonds. The number of phenols is 2. The normalized spacial score (nSPS) is 12.2. The number of rotatable bonds is 5. The fourth-order valence-corrected chi connectivity index (χ4v) is 4.48. The van der Waals surface area contributed by atoms with E-state index in [1.165, 1.54) is 53.9 Å². The van der Waals surface area contributed by atoms with E-state index in [0.29, 0.717) is 27.5 Å². The predicted octanol–water partition coefficient (Wildman–Crippen LogP) is 8.56. The molecule has 5 rings (SSSR count). The summed E-state index contributed by atoms with van der Waals surface area (Å²) in [6, 6.07) is 21.5. The van der Waals surface area contributed by atoms with Gasteiger partial charge in [0.25, 0.3) is 0 Å². The Hall–Kier alpha value is -4.57. The van der Waals surface area contributed by atoms with Gasteiger partial charge in [0.2, 0.25) is 0 Å². The van der Waals surface area contributed by atoms with Crippen molar-refractivity contribution in [2.24, 2.45) is 15.2 Å². The highest BCUT2D eigenvalue weighted by atomic mass is 32.1. The van der Waals surface area contributed by atoms with Crippen molar-refractivity contribution in [3.63, 3.8) is 0 Å². The van der Waals surface area contributed by atoms with Crippen molar-refractivity contribution in [3.05, 3.63) is 96.1 Å². The van der Waals surface area contributed by atoms with Crippen LogP contribution < -0.4 is 0 Å². The number of alkyl halides is 3. The van der Waals surface area contributed by atoms with Gasteiger partial charge in [0.1, 0.15) is 16.5 Å². The number of hydrogen-bond donors (Lipinski definition) is 2. The molecular weight excluding hydrogens is 501 g/mol. The first-order chi connectivity index (χ1) is 17.8. The maximum atomic E-state index is 12.9. The summed E-state index contributed by atoms with van der Waals surface area (Å²) in [6.45, 7) is 0. The molecule has 0 spiro atoms. The summed E-state index contributed by atoms with van der Waals surface area (Å²) in [5, 5.41) is 29.3. The van der Waals surface area contributed by atoms with Gasteiger partial charge in [-0.2, -0.15) is 23.4 Å². The summed E-state index contributed by atoms with van der Waals surface area (Å²) in [5.41, 5.74) is 1.73. The molecule has 184 valence electrons. The zero-order valence-corrected chi connectivity index (χ0v) is 19.7. The third-order valence-electron chi connectivity index (χ3n) is 5.32. The summed E-state index contributed by atoms with van der Waals surface area (Å²) < 4.78 is 39.7. The molecule has 0 bridgehead atoms. The van der Waals surface area contributed by atoms with Crippen molar-refractivity contribution in [2.75, 3.05) is 0 Å². The molecule has 4 aromatic carbocycles. The molecule has 0 fully saturated rings. The second-order valence-corrected chi connectivity index (χ2v) is 8.97. The monoisotopic (exact) mass is 518 g/mol. The molecule has 2 N–H and O–H groups in total. The van der Waals surface area contributed by atoms with E-state index in [9.17, 15) is 23.4 Å². The number of aromatic nitrogens is 1. The molecule has 5 aromatic rings. The second kappa shape index (κ2) is 9.82. The molecular formula is C27H17F3N4O2S. The number of aromatic hydroxyl groups is 2. The first-order valence-corrected chi connectivity index (χ1v) is 11.7. The number of para-hydroxylation sites is 1. The van der Waals surface area contributed by atoms with Gasteiger partial charge >= 0.3 is 6.18 Å². The molecule has 0 aliphatic heterocycles. The lowest BCUT2D eigenvalue weighted by atomic mass is 10.1. The number of thiazole rings is 1. The molecule has 0 saturated carbocycles. The van der Waals surface area contributed by atoms with Gasteiger partial charge in [-0.15, -0.1) is 11.3 Å². The second-order valence-electron chi connectivity index (χ2n) is 7.94. The summed E-state index contributed by atoms with van der Waals surface area (Å²) in [6.07, 6.45) is -3.08. The van der Waals surface area contributed by atoms with Gasteiger partial charge < -0.3 is 10.2 Å². The fraction of sp³-hybridized carbons (Fsp3) is 0.0370. The Kier molecular flexibility index (Phi) is 6.41. The van der Waals surface area contributed by atoms with Crippen molar-refractivity contribution < 1.29 is 23.4 Å². The lowest BCUT2D eigenvalue weighted by molar-refractivity contribution is -0.137. The van der Waals surface area contributed by atoms with E-state index >= 15 is 0 Å². The Bertz CT molecular complexity index is 1630. The molecule has 1 heterocycles. The van der Waals surface area contributed by atoms with E-state index < -0.39 is 11.7 Å². The minimum absolute atomic E-state index is 0.0153. The first-order valence-electron chi connectivity index (χ1n) is 10.9. The lowest BCUT2D eigenvalue weighted by Crippen LogP contribution is -2.03. The van der Waals surface area contributed by atoms with Crippen molar-refractivity contribution >= 4 is 44.8 Å². The first kappa shape index (κ1) is 24.1. The summed E-state index contributed by atoms with van der Waals surface area (Å²) in [7, 11) is 0. The number of azo groups is 1. The van der Waals surface area contributed by atoms with Gasteiger partial charge in [-0.3, -0.25) is 4.99 Å². The predicted molar refractivity (Wildman–Crippen MR) is 138 cm³/mol. The number of phenolic OH excluding ortho intramolecular Hbond substituents is 2. The topological polar surface area (TPSA) is 90.4 Å². The number of nitrogens with zero attached hydrogens (tertiary/aromatic N) is 4. The highest BCUT2D eigenvalue weighted by Gasteiger charge is 2.30. The molecule has 0 aliphatic carbocycles. The third kappa shape index (κ3) is 5.49. The minimum Gasteiger partial charge on any atom is -0.507 e. The Morgan fingerprint density at radius 2 is 1.51 bits per heavy atom. The number of aliphatic imine (C=N–C) groups is 1. The summed E-state index contributed by atoms with van der Waals surface area (Å²) in [4.78, 5) is 8.87. The van der Waals surface area contributed by atoms with Crippen LogP contribution in [0.2, 0.25) is 0 Å². The Labute approximate surface area is 212 Å². The number of benzene rings is 4. The van der Waals surface area contributed by atoms with E-state index in [-0.39, 0.29) is 17.2 Å². The standard InChI is InChI=1S/C27H17F3N4O2S/c28-27(29,30)17-4-3-5-19(13-17)33-34-20-9-11-23(35)16(12-20)15-31-18-8-10-21(24(36)14-18)26-32-22-6-1-2-7-25(22)37-26/h1-15,35-36H. The van der Waals surface area contributed by atoms with E-state index in [1.54, 1.807) is 12.1 Å². The fourth-order valence-electron chi connectivity index (χ4n) is 3.48. The van der Waals surface area contributed by atoms with E-state index in [1.807, 2.05) is 24.3 Å². The van der Waals surface area contributed by atoms with E-state index in [0.717, 1.165) is 22.3 Å². The Balaban J connectivity index is 1.35. The number of fused-ring (bicyclic) bond motifs is 1. The zero-order valence-electron chi connectivity index (χ0n) is 18.9. The molecule has 0 unspecified atom stereocenters. The van der Waals surface area contributed by atoms with E-state index in [2.05, 4.69) is 20.2 Å². The molecule has 0 radical (unpaired) electrons. The highest BCUT2D eigenvalue weighted by molar-refractivity contribution is 7.21. The van der Waals surface area contributed by atoms with Gasteiger partial charge in [0.15, 0.2) is 0 Å². The van der Waals surface area contributed by atoms with Crippen molar-refractivity contribution in [3.8, 4) is 22.1 Å². The number of hydrogen-bond acceptors (Lipinski definition) is 7. The van der Waals surface area contributed by atoms with Gasteiger partial charge in [0, 0.05) is 17.8 Å². The van der Waals surface area contributed by atoms with Crippen LogP contribution in [0.5, 0.6) is 11.5 Å². The Morgan fingerprint density at radius 1 is 0.757 bits per heavy atom. The molecule has 0 saturated heterocycles. The van der Waals surface area contributed by atoms with Gasteiger partial charge in [-0.1, -0.05) is 18.2 Å². The van der Waals surface area contributed by atoms with Gasteiger partial charge in [-0.05, 0) is 60.7 Å². The van der Waals surface area contributed by atoms with Crippen LogP contribution in [0.4, 0.5) is 30.2 Å². The number of halogens is 3. The molecule has 0 aliphatic rings. The average Bonchev–Trinajstić information content (AvgIpc) is 3.31. The van der Waals surface area contributed by atoms with Crippen LogP contribution in [0.1, 0.15) is 11.1 Å². The van der Waals surface area contributed by atoms with Crippen LogP contribution in [0.3, 0.4) is 0 Å². The average molecular weight is 519 g/mol. The molecule has 37 heavy (non-hydrogen) atoms. The molecule has 10 heteroatoms. The van der Waals surface area contributed by atoms with Crippen LogP contribution >= 0.6 is 11.3 Å². The quantitative estimate of drug-likeness (QED) is 0.180. The smallest absolute Gasteiger partial charge is 0.416 e. The van der Waals surface area contributed by atoms with Crippen LogP contribution in [0.25, 0.3) is 20.8 Å². The SMILES string of the molecule is Oc1ccc(N=Nc2cccc(C(F)(F)F)c2)cc1C=Nc1ccc(-c2nc3ccccc3s2)c(O)c1. The molecule has 6 nitrogen and oxygen atoms in total. The summed E-state index contributed by atoms with van der Waals surface area (Å²) in [5.74, 6) is -0.0568. The van der Waals surface area contributed by atoms with Gasteiger partial charge in [0.05, 0.1) is 38.4 Å². The molecule has 1 aromatic heterocycles. The van der Waals surface area contributed by atoms with Crippen LogP contribution in [-0.2, 0) is 6.18 Å². The van der Waals surface area contributed by atoms with E-state index in [4.69, 9.17) is 0 Å². The van der Waals surface area contributed by atoms with Crippen LogP contribution in [0.15, 0.2) is 100 Å². The van der Waals surface area contributed by atoms with Crippen LogP contribution in [-0.4, -0.2) is 21.4 Å². The minimum atomic E-state index is -4.48. The third-order valence-corrected chi connectivity index (χ3v) is 6.39. The summed E-state index contributed by atoms with van der Waals surface area (Å²) >= 11 is 1.47. The van der Waals surface area contributed by atoms with Crippen molar-refractivity contribution in [1.29, 1.82) is 0 Å². The van der Waals surface area contributed by atoms with Crippen LogP contribution in [0, 0.1) is 0 Å².